The third-order valence-electron chi connectivity index (χ3n) is 5.15. The number of benzene rings is 1. The number of aromatic nitrogens is 1. The van der Waals surface area contributed by atoms with Crippen LogP contribution in [0.5, 0.6) is 0 Å². The average molecular weight is 414 g/mol. The predicted molar refractivity (Wildman–Crippen MR) is 117 cm³/mol. The molecule has 1 aromatic carbocycles. The van der Waals surface area contributed by atoms with Crippen LogP contribution < -0.4 is 0 Å². The van der Waals surface area contributed by atoms with Crippen LogP contribution in [0.4, 0.5) is 4.39 Å². The zero-order chi connectivity index (χ0) is 20.6. The number of halogens is 1. The quantitative estimate of drug-likeness (QED) is 0.351. The van der Waals surface area contributed by atoms with Gasteiger partial charge in [-0.15, -0.1) is 11.3 Å². The first-order valence-electron chi connectivity index (χ1n) is 10.3. The van der Waals surface area contributed by atoms with Crippen LogP contribution in [0.1, 0.15) is 59.1 Å². The highest BCUT2D eigenvalue weighted by Crippen LogP contribution is 2.26. The second-order valence-electron chi connectivity index (χ2n) is 7.39. The van der Waals surface area contributed by atoms with Crippen LogP contribution in [0.2, 0.25) is 0 Å². The molecule has 0 bridgehead atoms. The first kappa shape index (κ1) is 21.3. The molecule has 0 aliphatic heterocycles. The highest BCUT2D eigenvalue weighted by Gasteiger charge is 2.11. The van der Waals surface area contributed by atoms with Crippen molar-refractivity contribution in [3.8, 4) is 11.3 Å². The van der Waals surface area contributed by atoms with Gasteiger partial charge in [0.05, 0.1) is 5.69 Å². The van der Waals surface area contributed by atoms with E-state index in [1.54, 1.807) is 12.1 Å². The van der Waals surface area contributed by atoms with E-state index in [0.29, 0.717) is 10.4 Å². The number of aryl methyl sites for hydroxylation is 3. The minimum Gasteiger partial charge on any atom is -0.477 e. The van der Waals surface area contributed by atoms with Gasteiger partial charge in [-0.25, -0.2) is 9.18 Å². The van der Waals surface area contributed by atoms with E-state index in [9.17, 15) is 9.18 Å². The normalized spacial score (nSPS) is 11.1. The van der Waals surface area contributed by atoms with Gasteiger partial charge in [0.25, 0.3) is 0 Å². The smallest absolute Gasteiger partial charge is 0.345 e. The van der Waals surface area contributed by atoms with Gasteiger partial charge in [0.15, 0.2) is 0 Å². The summed E-state index contributed by atoms with van der Waals surface area (Å²) in [5.41, 5.74) is 2.58. The molecule has 2 heterocycles. The predicted octanol–water partition coefficient (Wildman–Crippen LogP) is 6.81. The van der Waals surface area contributed by atoms with E-state index in [0.717, 1.165) is 48.4 Å². The fourth-order valence-corrected chi connectivity index (χ4v) is 4.47. The van der Waals surface area contributed by atoms with E-state index in [2.05, 4.69) is 11.5 Å². The molecule has 0 saturated heterocycles. The summed E-state index contributed by atoms with van der Waals surface area (Å²) in [6.45, 7) is 2.96. The van der Waals surface area contributed by atoms with Gasteiger partial charge < -0.3 is 9.67 Å². The lowest BCUT2D eigenvalue weighted by molar-refractivity contribution is 0.0702. The summed E-state index contributed by atoms with van der Waals surface area (Å²) in [6, 6.07) is 13.0. The maximum atomic E-state index is 14.8. The van der Waals surface area contributed by atoms with E-state index >= 15 is 0 Å². The van der Waals surface area contributed by atoms with Gasteiger partial charge >= 0.3 is 5.97 Å². The van der Waals surface area contributed by atoms with Crippen LogP contribution in [-0.4, -0.2) is 15.6 Å². The van der Waals surface area contributed by atoms with Crippen LogP contribution in [-0.2, 0) is 19.4 Å². The molecule has 3 aromatic rings. The number of unbranched alkanes of at least 4 members (excludes halogenated alkanes) is 3. The number of aromatic carboxylic acids is 1. The minimum atomic E-state index is -0.877. The fraction of sp³-hybridized carbons (Fsp3) is 0.375. The Morgan fingerprint density at radius 1 is 1.07 bits per heavy atom. The molecule has 29 heavy (non-hydrogen) atoms. The van der Waals surface area contributed by atoms with Crippen LogP contribution in [0.25, 0.3) is 11.3 Å². The van der Waals surface area contributed by atoms with Gasteiger partial charge in [0.2, 0.25) is 0 Å². The Kier molecular flexibility index (Phi) is 7.64. The van der Waals surface area contributed by atoms with E-state index in [-0.39, 0.29) is 5.82 Å². The van der Waals surface area contributed by atoms with Crippen molar-refractivity contribution in [2.24, 2.45) is 0 Å². The number of thiophene rings is 1. The highest BCUT2D eigenvalue weighted by atomic mass is 32.1. The van der Waals surface area contributed by atoms with Crippen molar-refractivity contribution in [3.05, 3.63) is 69.8 Å². The SMILES string of the molecule is CCCCCCc1ccc(-c2cccn2CCCc2ccc(C(=O)O)s2)c(F)c1. The number of hydrogen-bond acceptors (Lipinski definition) is 2. The fourth-order valence-electron chi connectivity index (χ4n) is 3.58. The van der Waals surface area contributed by atoms with Crippen LogP contribution in [0.15, 0.2) is 48.7 Å². The molecule has 0 fully saturated rings. The summed E-state index contributed by atoms with van der Waals surface area (Å²) >= 11 is 1.32. The molecule has 0 saturated carbocycles. The van der Waals surface area contributed by atoms with Gasteiger partial charge in [-0.05, 0) is 67.6 Å². The van der Waals surface area contributed by atoms with Gasteiger partial charge in [0, 0.05) is 23.2 Å². The molecule has 3 nitrogen and oxygen atoms in total. The third-order valence-corrected chi connectivity index (χ3v) is 6.29. The minimum absolute atomic E-state index is 0.165. The lowest BCUT2D eigenvalue weighted by atomic mass is 10.0. The summed E-state index contributed by atoms with van der Waals surface area (Å²) in [7, 11) is 0. The highest BCUT2D eigenvalue weighted by molar-refractivity contribution is 7.13. The van der Waals surface area contributed by atoms with Crippen molar-refractivity contribution in [2.45, 2.75) is 58.4 Å². The first-order valence-corrected chi connectivity index (χ1v) is 11.2. The lowest BCUT2D eigenvalue weighted by Gasteiger charge is -2.11. The molecule has 5 heteroatoms. The Hall–Kier alpha value is -2.40. The van der Waals surface area contributed by atoms with Crippen molar-refractivity contribution in [1.82, 2.24) is 4.57 Å². The zero-order valence-corrected chi connectivity index (χ0v) is 17.7. The van der Waals surface area contributed by atoms with Crippen LogP contribution >= 0.6 is 11.3 Å². The second kappa shape index (κ2) is 10.4. The van der Waals surface area contributed by atoms with Crippen molar-refractivity contribution in [2.75, 3.05) is 0 Å². The van der Waals surface area contributed by atoms with E-state index in [1.807, 2.05) is 36.5 Å². The van der Waals surface area contributed by atoms with Gasteiger partial charge in [-0.1, -0.05) is 32.3 Å². The van der Waals surface area contributed by atoms with Crippen LogP contribution in [0.3, 0.4) is 0 Å². The summed E-state index contributed by atoms with van der Waals surface area (Å²) in [6.07, 6.45) is 9.33. The van der Waals surface area contributed by atoms with E-state index in [4.69, 9.17) is 5.11 Å². The van der Waals surface area contributed by atoms with Crippen molar-refractivity contribution in [1.29, 1.82) is 0 Å². The van der Waals surface area contributed by atoms with Gasteiger partial charge in [-0.3, -0.25) is 0 Å². The largest absolute Gasteiger partial charge is 0.477 e. The molecule has 0 aliphatic rings. The number of hydrogen-bond donors (Lipinski definition) is 1. The summed E-state index contributed by atoms with van der Waals surface area (Å²) in [5, 5.41) is 9.02. The Labute approximate surface area is 175 Å². The molecule has 2 aromatic heterocycles. The number of carbonyl (C=O) groups is 1. The maximum Gasteiger partial charge on any atom is 0.345 e. The molecule has 3 rings (SSSR count). The Morgan fingerprint density at radius 3 is 2.66 bits per heavy atom. The average Bonchev–Trinajstić information content (AvgIpc) is 3.35. The molecule has 0 amide bonds. The molecule has 0 unspecified atom stereocenters. The molecule has 0 spiro atoms. The monoisotopic (exact) mass is 413 g/mol. The topological polar surface area (TPSA) is 42.2 Å². The van der Waals surface area contributed by atoms with E-state index < -0.39 is 5.97 Å². The molecule has 0 radical (unpaired) electrons. The molecule has 0 atom stereocenters. The molecule has 154 valence electrons. The van der Waals surface area contributed by atoms with Crippen molar-refractivity contribution < 1.29 is 14.3 Å². The van der Waals surface area contributed by atoms with Crippen molar-refractivity contribution >= 4 is 17.3 Å². The molecule has 0 aliphatic carbocycles. The summed E-state index contributed by atoms with van der Waals surface area (Å²) in [5.74, 6) is -1.04. The summed E-state index contributed by atoms with van der Waals surface area (Å²) in [4.78, 5) is 12.4. The standard InChI is InChI=1S/C24H28FNO2S/c1-2-3-4-5-8-18-11-13-20(21(25)17-18)22-10-7-16-26(22)15-6-9-19-12-14-23(29-19)24(27)28/h7,10-14,16-17H,2-6,8-9,15H2,1H3,(H,27,28). The number of carboxylic acid groups (broad SMARTS) is 1. The van der Waals surface area contributed by atoms with E-state index in [1.165, 1.54) is 30.6 Å². The number of rotatable bonds is 11. The Bertz CT molecular complexity index is 944. The third kappa shape index (κ3) is 5.80. The maximum absolute atomic E-state index is 14.8. The summed E-state index contributed by atoms with van der Waals surface area (Å²) < 4.78 is 16.8. The first-order chi connectivity index (χ1) is 14.1. The molecular formula is C24H28FNO2S. The Balaban J connectivity index is 1.60. The van der Waals surface area contributed by atoms with Gasteiger partial charge in [0.1, 0.15) is 10.7 Å². The van der Waals surface area contributed by atoms with Crippen LogP contribution in [0, 0.1) is 5.82 Å². The number of nitrogens with zero attached hydrogens (tertiary/aromatic N) is 1. The molecule has 1 N–H and O–H groups in total. The molecular weight excluding hydrogens is 385 g/mol. The number of carboxylic acids is 1. The van der Waals surface area contributed by atoms with Gasteiger partial charge in [-0.2, -0.15) is 0 Å². The second-order valence-corrected chi connectivity index (χ2v) is 8.55. The Morgan fingerprint density at radius 2 is 1.93 bits per heavy atom. The zero-order valence-electron chi connectivity index (χ0n) is 16.9. The van der Waals surface area contributed by atoms with Crippen molar-refractivity contribution in [3.63, 3.8) is 0 Å². The lowest BCUT2D eigenvalue weighted by Crippen LogP contribution is -2.01.